The molecule has 8 heteroatoms. The van der Waals surface area contributed by atoms with Crippen LogP contribution in [0.3, 0.4) is 0 Å². The van der Waals surface area contributed by atoms with E-state index in [4.69, 9.17) is 10.5 Å². The summed E-state index contributed by atoms with van der Waals surface area (Å²) in [5.74, 6) is -0.314. The average molecular weight is 386 g/mol. The number of nitrogens with two attached hydrogens (primary N) is 1. The number of fused-ring (bicyclic) bond motifs is 1. The number of imide groups is 1. The van der Waals surface area contributed by atoms with Crippen molar-refractivity contribution in [1.82, 2.24) is 15.5 Å². The first-order chi connectivity index (χ1) is 13.5. The summed E-state index contributed by atoms with van der Waals surface area (Å²) in [5.41, 5.74) is 8.32. The summed E-state index contributed by atoms with van der Waals surface area (Å²) in [6, 6.07) is 5.24. The molecule has 4 N–H and O–H groups in total. The number of rotatable bonds is 6. The van der Waals surface area contributed by atoms with Gasteiger partial charge in [0.05, 0.1) is 12.7 Å². The van der Waals surface area contributed by atoms with E-state index in [1.807, 2.05) is 18.2 Å². The Balaban J connectivity index is 1.35. The third-order valence-electron chi connectivity index (χ3n) is 5.78. The average Bonchev–Trinajstić information content (AvgIpc) is 3.26. The number of carbonyl (C=O) groups is 3. The predicted octanol–water partition coefficient (Wildman–Crippen LogP) is -0.0990. The molecule has 2 fully saturated rings. The van der Waals surface area contributed by atoms with Crippen molar-refractivity contribution in [1.29, 1.82) is 0 Å². The van der Waals surface area contributed by atoms with Crippen LogP contribution < -0.4 is 16.4 Å². The Kier molecular flexibility index (Phi) is 5.43. The lowest BCUT2D eigenvalue weighted by molar-refractivity contribution is -0.136. The van der Waals surface area contributed by atoms with Crippen molar-refractivity contribution >= 4 is 17.7 Å². The summed E-state index contributed by atoms with van der Waals surface area (Å²) in [5, 5.41) is 5.78. The first-order valence-corrected chi connectivity index (χ1v) is 9.84. The van der Waals surface area contributed by atoms with Gasteiger partial charge in [0.2, 0.25) is 11.8 Å². The molecule has 0 aromatic heterocycles. The summed E-state index contributed by atoms with van der Waals surface area (Å²) < 4.78 is 5.61. The normalized spacial score (nSPS) is 27.2. The Morgan fingerprint density at radius 2 is 2.14 bits per heavy atom. The fraction of sp³-hybridized carbons (Fsp3) is 0.550. The number of amides is 3. The highest BCUT2D eigenvalue weighted by atomic mass is 16.5. The molecule has 3 aliphatic rings. The molecule has 3 amide bonds. The van der Waals surface area contributed by atoms with Crippen LogP contribution in [0.4, 0.5) is 0 Å². The fourth-order valence-corrected chi connectivity index (χ4v) is 4.24. The van der Waals surface area contributed by atoms with E-state index in [0.29, 0.717) is 37.5 Å². The Morgan fingerprint density at radius 3 is 2.89 bits per heavy atom. The molecule has 150 valence electrons. The predicted molar refractivity (Wildman–Crippen MR) is 101 cm³/mol. The van der Waals surface area contributed by atoms with Gasteiger partial charge in [0.15, 0.2) is 0 Å². The van der Waals surface area contributed by atoms with Crippen molar-refractivity contribution in [3.8, 4) is 0 Å². The van der Waals surface area contributed by atoms with Gasteiger partial charge in [-0.15, -0.1) is 0 Å². The zero-order valence-corrected chi connectivity index (χ0v) is 15.8. The van der Waals surface area contributed by atoms with Gasteiger partial charge in [-0.05, 0) is 36.0 Å². The van der Waals surface area contributed by atoms with Crippen LogP contribution in [0, 0.1) is 5.92 Å². The summed E-state index contributed by atoms with van der Waals surface area (Å²) in [6.07, 6.45) is 1.81. The number of hydrogen-bond acceptors (Lipinski definition) is 6. The van der Waals surface area contributed by atoms with E-state index in [2.05, 4.69) is 10.6 Å². The highest BCUT2D eigenvalue weighted by Gasteiger charge is 2.39. The SMILES string of the molecule is NCC1CC(CNCc2ccc3c(c2)CN(C2CCC(=O)NC2=O)C3=O)CO1. The number of hydrogen-bond donors (Lipinski definition) is 3. The molecular formula is C20H26N4O4. The van der Waals surface area contributed by atoms with Gasteiger partial charge in [-0.25, -0.2) is 0 Å². The maximum absolute atomic E-state index is 12.7. The zero-order chi connectivity index (χ0) is 19.7. The molecule has 0 saturated carbocycles. The second kappa shape index (κ2) is 7.98. The largest absolute Gasteiger partial charge is 0.377 e. The Bertz CT molecular complexity index is 796. The third kappa shape index (κ3) is 3.80. The molecule has 3 atom stereocenters. The van der Waals surface area contributed by atoms with Crippen LogP contribution in [0.15, 0.2) is 18.2 Å². The zero-order valence-electron chi connectivity index (χ0n) is 15.8. The molecule has 28 heavy (non-hydrogen) atoms. The highest BCUT2D eigenvalue weighted by molar-refractivity contribution is 6.05. The number of piperidine rings is 1. The molecule has 3 heterocycles. The van der Waals surface area contributed by atoms with Crippen molar-refractivity contribution < 1.29 is 19.1 Å². The molecule has 0 bridgehead atoms. The number of ether oxygens (including phenoxy) is 1. The molecule has 1 aromatic carbocycles. The van der Waals surface area contributed by atoms with E-state index in [1.165, 1.54) is 0 Å². The van der Waals surface area contributed by atoms with Gasteiger partial charge in [-0.3, -0.25) is 19.7 Å². The van der Waals surface area contributed by atoms with Crippen LogP contribution in [0.2, 0.25) is 0 Å². The number of nitrogens with zero attached hydrogens (tertiary/aromatic N) is 1. The highest BCUT2D eigenvalue weighted by Crippen LogP contribution is 2.28. The minimum Gasteiger partial charge on any atom is -0.377 e. The Hall–Kier alpha value is -2.29. The van der Waals surface area contributed by atoms with E-state index >= 15 is 0 Å². The quantitative estimate of drug-likeness (QED) is 0.589. The van der Waals surface area contributed by atoms with E-state index in [0.717, 1.165) is 30.7 Å². The molecule has 1 aromatic rings. The molecule has 4 rings (SSSR count). The molecule has 0 radical (unpaired) electrons. The van der Waals surface area contributed by atoms with Crippen molar-refractivity contribution in [3.05, 3.63) is 34.9 Å². The van der Waals surface area contributed by atoms with Crippen LogP contribution in [0.1, 0.15) is 40.7 Å². The molecular weight excluding hydrogens is 360 g/mol. The minimum atomic E-state index is -0.572. The van der Waals surface area contributed by atoms with Crippen LogP contribution in [-0.2, 0) is 27.4 Å². The van der Waals surface area contributed by atoms with Gasteiger partial charge >= 0.3 is 0 Å². The third-order valence-corrected chi connectivity index (χ3v) is 5.78. The van der Waals surface area contributed by atoms with E-state index in [9.17, 15) is 14.4 Å². The number of nitrogens with one attached hydrogen (secondary N) is 2. The van der Waals surface area contributed by atoms with Gasteiger partial charge in [0, 0.05) is 38.2 Å². The second-order valence-corrected chi connectivity index (χ2v) is 7.82. The summed E-state index contributed by atoms with van der Waals surface area (Å²) in [4.78, 5) is 37.7. The lowest BCUT2D eigenvalue weighted by Crippen LogP contribution is -2.52. The van der Waals surface area contributed by atoms with Crippen LogP contribution in [0.25, 0.3) is 0 Å². The lowest BCUT2D eigenvalue weighted by Gasteiger charge is -2.29. The van der Waals surface area contributed by atoms with Gasteiger partial charge in [-0.1, -0.05) is 12.1 Å². The summed E-state index contributed by atoms with van der Waals surface area (Å²) in [7, 11) is 0. The van der Waals surface area contributed by atoms with Crippen LogP contribution in [-0.4, -0.2) is 54.5 Å². The topological polar surface area (TPSA) is 114 Å². The van der Waals surface area contributed by atoms with Crippen molar-refractivity contribution in [2.24, 2.45) is 11.7 Å². The Morgan fingerprint density at radius 1 is 1.29 bits per heavy atom. The Labute approximate surface area is 163 Å². The molecule has 3 aliphatic heterocycles. The summed E-state index contributed by atoms with van der Waals surface area (Å²) >= 11 is 0. The molecule has 3 unspecified atom stereocenters. The van der Waals surface area contributed by atoms with Gasteiger partial charge in [-0.2, -0.15) is 0 Å². The van der Waals surface area contributed by atoms with Gasteiger partial charge in [0.25, 0.3) is 5.91 Å². The number of benzene rings is 1. The van der Waals surface area contributed by atoms with Crippen molar-refractivity contribution in [2.45, 2.75) is 44.5 Å². The van der Waals surface area contributed by atoms with Crippen molar-refractivity contribution in [2.75, 3.05) is 19.7 Å². The lowest BCUT2D eigenvalue weighted by atomic mass is 10.0. The maximum atomic E-state index is 12.7. The molecule has 2 saturated heterocycles. The van der Waals surface area contributed by atoms with Gasteiger partial charge in [0.1, 0.15) is 6.04 Å². The van der Waals surface area contributed by atoms with Crippen LogP contribution >= 0.6 is 0 Å². The first-order valence-electron chi connectivity index (χ1n) is 9.84. The minimum absolute atomic E-state index is 0.139. The maximum Gasteiger partial charge on any atom is 0.255 e. The van der Waals surface area contributed by atoms with Crippen LogP contribution in [0.5, 0.6) is 0 Å². The fourth-order valence-electron chi connectivity index (χ4n) is 4.24. The molecule has 0 aliphatic carbocycles. The number of carbonyl (C=O) groups excluding carboxylic acids is 3. The van der Waals surface area contributed by atoms with E-state index < -0.39 is 6.04 Å². The standard InChI is InChI=1S/C20H26N4O4/c21-7-15-6-13(11-28-15)9-22-8-12-1-2-16-14(5-12)10-24(20(16)27)17-3-4-18(25)23-19(17)26/h1-2,5,13,15,17,22H,3-4,6-11,21H2,(H,23,25,26). The van der Waals surface area contributed by atoms with Gasteiger partial charge < -0.3 is 20.7 Å². The molecule has 8 nitrogen and oxygen atoms in total. The first kappa shape index (κ1) is 19.0. The van der Waals surface area contributed by atoms with E-state index in [-0.39, 0.29) is 30.2 Å². The van der Waals surface area contributed by atoms with Crippen molar-refractivity contribution in [3.63, 3.8) is 0 Å². The monoisotopic (exact) mass is 386 g/mol. The smallest absolute Gasteiger partial charge is 0.255 e. The summed E-state index contributed by atoms with van der Waals surface area (Å²) in [6.45, 7) is 3.30. The second-order valence-electron chi connectivity index (χ2n) is 7.82. The van der Waals surface area contributed by atoms with E-state index in [1.54, 1.807) is 4.90 Å². The molecule has 0 spiro atoms.